The molecule has 0 saturated carbocycles. The van der Waals surface area contributed by atoms with E-state index >= 15 is 0 Å². The number of hydrogen-bond acceptors (Lipinski definition) is 6. The molecular formula is C22H19F3N2O5. The van der Waals surface area contributed by atoms with Gasteiger partial charge in [0.05, 0.1) is 12.7 Å². The number of methoxy groups -OCH3 is 1. The van der Waals surface area contributed by atoms with Gasteiger partial charge in [-0.1, -0.05) is 6.07 Å². The highest BCUT2D eigenvalue weighted by atomic mass is 19.4. The molecule has 2 aromatic carbocycles. The number of hydrogen-bond donors (Lipinski definition) is 1. The number of rotatable bonds is 7. The average Bonchev–Trinajstić information content (AvgIpc) is 3.12. The van der Waals surface area contributed by atoms with Gasteiger partial charge >= 0.3 is 12.1 Å². The number of nitrogens with one attached hydrogen (secondary N) is 1. The van der Waals surface area contributed by atoms with Crippen LogP contribution < -0.4 is 14.8 Å². The van der Waals surface area contributed by atoms with E-state index in [1.54, 1.807) is 25.1 Å². The van der Waals surface area contributed by atoms with Crippen LogP contribution in [-0.2, 0) is 20.5 Å². The lowest BCUT2D eigenvalue weighted by Gasteiger charge is -2.11. The van der Waals surface area contributed by atoms with Crippen LogP contribution in [0.2, 0.25) is 0 Å². The van der Waals surface area contributed by atoms with Crippen LogP contribution in [0.1, 0.15) is 23.6 Å². The van der Waals surface area contributed by atoms with Crippen molar-refractivity contribution < 1.29 is 37.0 Å². The fourth-order valence-corrected chi connectivity index (χ4v) is 2.78. The maximum absolute atomic E-state index is 12.7. The number of esters is 1. The minimum Gasteiger partial charge on any atom is -0.493 e. The Morgan fingerprint density at radius 3 is 2.50 bits per heavy atom. The standard InChI is InChI=1S/C22H19F3N2O5/c1-3-26-19(28)12-31-17-9-4-13(11-18(17)30-2)10-16-21(29)32-20(27-16)14-5-7-15(8-6-14)22(23,24)25/h4-11H,3,12H2,1-2H3,(H,26,28)/b16-10-. The van der Waals surface area contributed by atoms with Crippen LogP contribution in [0, 0.1) is 0 Å². The molecule has 0 aliphatic carbocycles. The lowest BCUT2D eigenvalue weighted by Crippen LogP contribution is -2.28. The third-order valence-electron chi connectivity index (χ3n) is 4.30. The van der Waals surface area contributed by atoms with Gasteiger partial charge in [-0.2, -0.15) is 13.2 Å². The van der Waals surface area contributed by atoms with Crippen LogP contribution in [0.15, 0.2) is 53.2 Å². The molecule has 2 aromatic rings. The van der Waals surface area contributed by atoms with Crippen LogP contribution in [-0.4, -0.2) is 38.0 Å². The second kappa shape index (κ2) is 9.54. The highest BCUT2D eigenvalue weighted by Crippen LogP contribution is 2.31. The quantitative estimate of drug-likeness (QED) is 0.517. The van der Waals surface area contributed by atoms with Gasteiger partial charge < -0.3 is 19.5 Å². The topological polar surface area (TPSA) is 86.2 Å². The van der Waals surface area contributed by atoms with Crippen molar-refractivity contribution in [2.75, 3.05) is 20.3 Å². The summed E-state index contributed by atoms with van der Waals surface area (Å²) in [5, 5.41) is 2.61. The smallest absolute Gasteiger partial charge is 0.416 e. The number of carbonyl (C=O) groups excluding carboxylic acids is 2. The predicted molar refractivity (Wildman–Crippen MR) is 109 cm³/mol. The second-order valence-electron chi connectivity index (χ2n) is 6.56. The molecule has 0 fully saturated rings. The number of amides is 1. The molecule has 168 valence electrons. The van der Waals surface area contributed by atoms with Gasteiger partial charge in [-0.15, -0.1) is 0 Å². The van der Waals surface area contributed by atoms with E-state index in [9.17, 15) is 22.8 Å². The van der Waals surface area contributed by atoms with Crippen LogP contribution in [0.3, 0.4) is 0 Å². The van der Waals surface area contributed by atoms with Crippen molar-refractivity contribution in [2.24, 2.45) is 4.99 Å². The van der Waals surface area contributed by atoms with E-state index in [1.165, 1.54) is 25.3 Å². The van der Waals surface area contributed by atoms with Gasteiger partial charge in [-0.3, -0.25) is 4.79 Å². The summed E-state index contributed by atoms with van der Waals surface area (Å²) in [6.45, 7) is 2.09. The van der Waals surface area contributed by atoms with E-state index in [-0.39, 0.29) is 29.7 Å². The molecule has 7 nitrogen and oxygen atoms in total. The Morgan fingerprint density at radius 2 is 1.88 bits per heavy atom. The van der Waals surface area contributed by atoms with E-state index in [4.69, 9.17) is 14.2 Å². The molecule has 32 heavy (non-hydrogen) atoms. The number of ether oxygens (including phenoxy) is 3. The van der Waals surface area contributed by atoms with Crippen molar-refractivity contribution in [3.63, 3.8) is 0 Å². The first-order valence-electron chi connectivity index (χ1n) is 9.49. The fourth-order valence-electron chi connectivity index (χ4n) is 2.78. The van der Waals surface area contributed by atoms with Gasteiger partial charge in [0.1, 0.15) is 0 Å². The molecule has 0 aromatic heterocycles. The van der Waals surface area contributed by atoms with Gasteiger partial charge in [0, 0.05) is 12.1 Å². The molecule has 0 bridgehead atoms. The molecule has 1 aliphatic rings. The highest BCUT2D eigenvalue weighted by molar-refractivity contribution is 6.12. The summed E-state index contributed by atoms with van der Waals surface area (Å²) in [5.41, 5.74) is -0.0699. The van der Waals surface area contributed by atoms with Crippen molar-refractivity contribution in [2.45, 2.75) is 13.1 Å². The number of alkyl halides is 3. The molecule has 10 heteroatoms. The summed E-state index contributed by atoms with van der Waals surface area (Å²) in [6, 6.07) is 8.92. The van der Waals surface area contributed by atoms with Crippen LogP contribution in [0.25, 0.3) is 6.08 Å². The minimum atomic E-state index is -4.47. The predicted octanol–water partition coefficient (Wildman–Crippen LogP) is 3.57. The molecule has 0 spiro atoms. The second-order valence-corrected chi connectivity index (χ2v) is 6.56. The highest BCUT2D eigenvalue weighted by Gasteiger charge is 2.31. The Balaban J connectivity index is 1.79. The maximum Gasteiger partial charge on any atom is 0.416 e. The minimum absolute atomic E-state index is 0.0297. The zero-order chi connectivity index (χ0) is 23.3. The monoisotopic (exact) mass is 448 g/mol. The van der Waals surface area contributed by atoms with Gasteiger partial charge in [-0.25, -0.2) is 9.79 Å². The summed E-state index contributed by atoms with van der Waals surface area (Å²) in [6.07, 6.45) is -3.03. The first kappa shape index (κ1) is 22.9. The Kier molecular flexibility index (Phi) is 6.82. The third-order valence-corrected chi connectivity index (χ3v) is 4.30. The molecule has 0 unspecified atom stereocenters. The Hall–Kier alpha value is -3.82. The summed E-state index contributed by atoms with van der Waals surface area (Å²) in [4.78, 5) is 27.8. The molecular weight excluding hydrogens is 429 g/mol. The lowest BCUT2D eigenvalue weighted by molar-refractivity contribution is -0.137. The number of halogens is 3. The summed E-state index contributed by atoms with van der Waals surface area (Å²) >= 11 is 0. The van der Waals surface area contributed by atoms with Crippen LogP contribution in [0.4, 0.5) is 13.2 Å². The van der Waals surface area contributed by atoms with Gasteiger partial charge in [0.2, 0.25) is 5.90 Å². The van der Waals surface area contributed by atoms with Crippen molar-refractivity contribution >= 4 is 23.9 Å². The lowest BCUT2D eigenvalue weighted by atomic mass is 10.1. The van der Waals surface area contributed by atoms with Crippen molar-refractivity contribution in [3.05, 3.63) is 64.9 Å². The first-order chi connectivity index (χ1) is 15.2. The fraction of sp³-hybridized carbons (Fsp3) is 0.227. The van der Waals surface area contributed by atoms with Crippen molar-refractivity contribution in [1.82, 2.24) is 5.32 Å². The van der Waals surface area contributed by atoms with Crippen molar-refractivity contribution in [1.29, 1.82) is 0 Å². The number of carbonyl (C=O) groups is 2. The van der Waals surface area contributed by atoms with Crippen LogP contribution in [0.5, 0.6) is 11.5 Å². The van der Waals surface area contributed by atoms with Gasteiger partial charge in [0.25, 0.3) is 5.91 Å². The molecule has 1 aliphatic heterocycles. The number of nitrogens with zero attached hydrogens (tertiary/aromatic N) is 1. The molecule has 0 atom stereocenters. The maximum atomic E-state index is 12.7. The van der Waals surface area contributed by atoms with E-state index < -0.39 is 17.7 Å². The summed E-state index contributed by atoms with van der Waals surface area (Å²) < 4.78 is 53.9. The molecule has 0 saturated heterocycles. The van der Waals surface area contributed by atoms with E-state index in [2.05, 4.69) is 10.3 Å². The normalized spacial score (nSPS) is 14.7. The molecule has 1 heterocycles. The van der Waals surface area contributed by atoms with E-state index in [0.717, 1.165) is 12.1 Å². The average molecular weight is 448 g/mol. The Bertz CT molecular complexity index is 1080. The molecule has 1 amide bonds. The number of likely N-dealkylation sites (N-methyl/N-ethyl adjacent to an activating group) is 1. The van der Waals surface area contributed by atoms with Crippen LogP contribution >= 0.6 is 0 Å². The SMILES string of the molecule is CCNC(=O)COc1ccc(/C=C2\N=C(c3ccc(C(F)(F)F)cc3)OC2=O)cc1OC. The Labute approximate surface area is 181 Å². The number of cyclic esters (lactones) is 1. The molecule has 0 radical (unpaired) electrons. The Morgan fingerprint density at radius 1 is 1.16 bits per heavy atom. The zero-order valence-corrected chi connectivity index (χ0v) is 17.2. The number of benzene rings is 2. The zero-order valence-electron chi connectivity index (χ0n) is 17.2. The van der Waals surface area contributed by atoms with E-state index in [1.807, 2.05) is 0 Å². The largest absolute Gasteiger partial charge is 0.493 e. The summed E-state index contributed by atoms with van der Waals surface area (Å²) in [7, 11) is 1.43. The molecule has 3 rings (SSSR count). The van der Waals surface area contributed by atoms with E-state index in [0.29, 0.717) is 23.6 Å². The molecule has 1 N–H and O–H groups in total. The van der Waals surface area contributed by atoms with Crippen molar-refractivity contribution in [3.8, 4) is 11.5 Å². The van der Waals surface area contributed by atoms with Gasteiger partial charge in [0.15, 0.2) is 23.8 Å². The third kappa shape index (κ3) is 5.45. The first-order valence-corrected chi connectivity index (χ1v) is 9.49. The van der Waals surface area contributed by atoms with Gasteiger partial charge in [-0.05, 0) is 55.0 Å². The number of aliphatic imine (C=N–C) groups is 1. The summed E-state index contributed by atoms with van der Waals surface area (Å²) in [5.74, 6) is -0.440.